The van der Waals surface area contributed by atoms with Gasteiger partial charge in [0.15, 0.2) is 0 Å². The van der Waals surface area contributed by atoms with Crippen molar-refractivity contribution in [1.29, 1.82) is 0 Å². The second-order valence-electron chi connectivity index (χ2n) is 4.62. The molecule has 8 heteroatoms. The van der Waals surface area contributed by atoms with E-state index in [1.807, 2.05) is 6.92 Å². The van der Waals surface area contributed by atoms with Crippen LogP contribution in [0.4, 0.5) is 0 Å². The van der Waals surface area contributed by atoms with Crippen LogP contribution in [0.2, 0.25) is 0 Å². The predicted molar refractivity (Wildman–Crippen MR) is 69.9 cm³/mol. The van der Waals surface area contributed by atoms with Crippen LogP contribution in [-0.2, 0) is 9.59 Å². The zero-order valence-corrected chi connectivity index (χ0v) is 11.4. The molecule has 0 aliphatic rings. The first-order valence-electron chi connectivity index (χ1n) is 6.17. The molecule has 0 aromatic carbocycles. The first-order valence-corrected chi connectivity index (χ1v) is 6.17. The molecule has 0 rings (SSSR count). The molecular formula is C11H24N4O4. The fourth-order valence-corrected chi connectivity index (χ4v) is 1.58. The fraction of sp³-hybridized carbons (Fsp3) is 0.818. The SMILES string of the molecule is CCC(N)[C@H](O)C[C@@H](N)CC(=O)NN(C)CC(=O)O. The summed E-state index contributed by atoms with van der Waals surface area (Å²) >= 11 is 0. The number of amides is 1. The highest BCUT2D eigenvalue weighted by molar-refractivity contribution is 5.76. The maximum Gasteiger partial charge on any atom is 0.319 e. The number of rotatable bonds is 9. The van der Waals surface area contributed by atoms with Gasteiger partial charge in [-0.1, -0.05) is 6.92 Å². The van der Waals surface area contributed by atoms with E-state index in [0.717, 1.165) is 5.01 Å². The number of carbonyl (C=O) groups is 2. The number of carboxylic acid groups (broad SMARTS) is 1. The van der Waals surface area contributed by atoms with Gasteiger partial charge in [0.1, 0.15) is 6.54 Å². The topological polar surface area (TPSA) is 142 Å². The number of nitrogens with zero attached hydrogens (tertiary/aromatic N) is 1. The monoisotopic (exact) mass is 276 g/mol. The molecule has 1 amide bonds. The Balaban J connectivity index is 4.01. The zero-order chi connectivity index (χ0) is 15.0. The van der Waals surface area contributed by atoms with Crippen molar-refractivity contribution < 1.29 is 19.8 Å². The number of hydrogen-bond donors (Lipinski definition) is 5. The van der Waals surface area contributed by atoms with Gasteiger partial charge in [0, 0.05) is 25.6 Å². The average molecular weight is 276 g/mol. The van der Waals surface area contributed by atoms with Crippen molar-refractivity contribution in [1.82, 2.24) is 10.4 Å². The quantitative estimate of drug-likeness (QED) is 0.314. The molecule has 0 aromatic heterocycles. The molecule has 112 valence electrons. The largest absolute Gasteiger partial charge is 0.480 e. The maximum absolute atomic E-state index is 11.5. The number of aliphatic hydroxyl groups excluding tert-OH is 1. The number of aliphatic hydroxyl groups is 1. The highest BCUT2D eigenvalue weighted by Gasteiger charge is 2.19. The molecule has 0 aliphatic heterocycles. The van der Waals surface area contributed by atoms with Crippen molar-refractivity contribution >= 4 is 11.9 Å². The van der Waals surface area contributed by atoms with Crippen LogP contribution in [0.15, 0.2) is 0 Å². The molecule has 0 heterocycles. The fourth-order valence-electron chi connectivity index (χ4n) is 1.58. The van der Waals surface area contributed by atoms with E-state index in [4.69, 9.17) is 16.6 Å². The van der Waals surface area contributed by atoms with Crippen LogP contribution in [0.3, 0.4) is 0 Å². The van der Waals surface area contributed by atoms with Gasteiger partial charge < -0.3 is 21.7 Å². The summed E-state index contributed by atoms with van der Waals surface area (Å²) < 4.78 is 0. The van der Waals surface area contributed by atoms with E-state index < -0.39 is 24.0 Å². The first-order chi connectivity index (χ1) is 8.76. The third-order valence-corrected chi connectivity index (χ3v) is 2.65. The van der Waals surface area contributed by atoms with E-state index in [2.05, 4.69) is 5.43 Å². The zero-order valence-electron chi connectivity index (χ0n) is 11.4. The summed E-state index contributed by atoms with van der Waals surface area (Å²) in [5, 5.41) is 19.4. The lowest BCUT2D eigenvalue weighted by molar-refractivity contribution is -0.139. The molecule has 8 nitrogen and oxygen atoms in total. The molecule has 19 heavy (non-hydrogen) atoms. The molecule has 0 saturated heterocycles. The molecule has 0 aromatic rings. The van der Waals surface area contributed by atoms with Crippen molar-refractivity contribution in [3.05, 3.63) is 0 Å². The number of hydrogen-bond acceptors (Lipinski definition) is 6. The Hall–Kier alpha value is -1.22. The van der Waals surface area contributed by atoms with Crippen LogP contribution in [0.25, 0.3) is 0 Å². The second-order valence-corrected chi connectivity index (χ2v) is 4.62. The lowest BCUT2D eigenvalue weighted by atomic mass is 10.00. The predicted octanol–water partition coefficient (Wildman–Crippen LogP) is -1.76. The Morgan fingerprint density at radius 1 is 1.37 bits per heavy atom. The number of aliphatic carboxylic acids is 1. The Kier molecular flexibility index (Phi) is 8.24. The molecule has 0 saturated carbocycles. The Bertz CT molecular complexity index is 300. The number of nitrogens with one attached hydrogen (secondary N) is 1. The molecule has 3 atom stereocenters. The van der Waals surface area contributed by atoms with E-state index >= 15 is 0 Å². The van der Waals surface area contributed by atoms with Gasteiger partial charge in [0.25, 0.3) is 0 Å². The van der Waals surface area contributed by atoms with E-state index in [-0.39, 0.29) is 25.4 Å². The minimum Gasteiger partial charge on any atom is -0.480 e. The number of likely N-dealkylation sites (N-methyl/N-ethyl adjacent to an activating group) is 1. The van der Waals surface area contributed by atoms with Crippen LogP contribution >= 0.6 is 0 Å². The van der Waals surface area contributed by atoms with Crippen LogP contribution in [0.5, 0.6) is 0 Å². The molecule has 0 bridgehead atoms. The van der Waals surface area contributed by atoms with Crippen molar-refractivity contribution in [3.63, 3.8) is 0 Å². The highest BCUT2D eigenvalue weighted by Crippen LogP contribution is 2.05. The lowest BCUT2D eigenvalue weighted by Gasteiger charge is -2.22. The normalized spacial score (nSPS) is 15.9. The van der Waals surface area contributed by atoms with Crippen LogP contribution in [-0.4, -0.2) is 58.9 Å². The summed E-state index contributed by atoms with van der Waals surface area (Å²) in [5.74, 6) is -1.44. The minimum absolute atomic E-state index is 0.00253. The third kappa shape index (κ3) is 8.49. The summed E-state index contributed by atoms with van der Waals surface area (Å²) in [4.78, 5) is 21.9. The molecule has 0 spiro atoms. The molecule has 0 fully saturated rings. The summed E-state index contributed by atoms with van der Waals surface area (Å²) in [7, 11) is 1.44. The van der Waals surface area contributed by atoms with Gasteiger partial charge in [-0.25, -0.2) is 5.01 Å². The van der Waals surface area contributed by atoms with Crippen LogP contribution < -0.4 is 16.9 Å². The van der Waals surface area contributed by atoms with Crippen molar-refractivity contribution in [2.45, 2.75) is 44.4 Å². The summed E-state index contributed by atoms with van der Waals surface area (Å²) in [5.41, 5.74) is 13.8. The average Bonchev–Trinajstić information content (AvgIpc) is 2.25. The first kappa shape index (κ1) is 17.8. The Labute approximate surface area is 112 Å². The lowest BCUT2D eigenvalue weighted by Crippen LogP contribution is -2.45. The summed E-state index contributed by atoms with van der Waals surface area (Å²) in [6.45, 7) is 1.55. The Morgan fingerprint density at radius 2 is 1.95 bits per heavy atom. The maximum atomic E-state index is 11.5. The van der Waals surface area contributed by atoms with E-state index in [9.17, 15) is 14.7 Å². The van der Waals surface area contributed by atoms with Crippen LogP contribution in [0.1, 0.15) is 26.2 Å². The van der Waals surface area contributed by atoms with Crippen molar-refractivity contribution in [3.8, 4) is 0 Å². The second kappa shape index (κ2) is 8.81. The van der Waals surface area contributed by atoms with Crippen molar-refractivity contribution in [2.24, 2.45) is 11.5 Å². The number of carboxylic acids is 1. The Morgan fingerprint density at radius 3 is 2.42 bits per heavy atom. The molecule has 1 unspecified atom stereocenters. The van der Waals surface area contributed by atoms with Gasteiger partial charge in [-0.3, -0.25) is 15.0 Å². The summed E-state index contributed by atoms with van der Waals surface area (Å²) in [6, 6.07) is -0.880. The van der Waals surface area contributed by atoms with Gasteiger partial charge in [-0.15, -0.1) is 0 Å². The van der Waals surface area contributed by atoms with Gasteiger partial charge in [0.05, 0.1) is 6.10 Å². The molecular weight excluding hydrogens is 252 g/mol. The van der Waals surface area contributed by atoms with E-state index in [0.29, 0.717) is 6.42 Å². The van der Waals surface area contributed by atoms with Crippen molar-refractivity contribution in [2.75, 3.05) is 13.6 Å². The van der Waals surface area contributed by atoms with Gasteiger partial charge >= 0.3 is 5.97 Å². The number of hydrazine groups is 1. The van der Waals surface area contributed by atoms with E-state index in [1.54, 1.807) is 0 Å². The molecule has 7 N–H and O–H groups in total. The summed E-state index contributed by atoms with van der Waals surface area (Å²) in [6.07, 6.45) is 0.105. The number of carbonyl (C=O) groups excluding carboxylic acids is 1. The van der Waals surface area contributed by atoms with E-state index in [1.165, 1.54) is 7.05 Å². The third-order valence-electron chi connectivity index (χ3n) is 2.65. The number of nitrogens with two attached hydrogens (primary N) is 2. The van der Waals surface area contributed by atoms with Gasteiger partial charge in [-0.2, -0.15) is 0 Å². The minimum atomic E-state index is -1.04. The molecule has 0 radical (unpaired) electrons. The van der Waals surface area contributed by atoms with Gasteiger partial charge in [0.2, 0.25) is 5.91 Å². The smallest absolute Gasteiger partial charge is 0.319 e. The highest BCUT2D eigenvalue weighted by atomic mass is 16.4. The molecule has 0 aliphatic carbocycles. The van der Waals surface area contributed by atoms with Crippen LogP contribution in [0, 0.1) is 0 Å². The standard InChI is InChI=1S/C11H24N4O4/c1-3-8(13)9(16)4-7(12)5-10(17)14-15(2)6-11(18)19/h7-9,16H,3-6,12-13H2,1-2H3,(H,14,17)(H,18,19)/t7-,8?,9-/m1/s1. The van der Waals surface area contributed by atoms with Gasteiger partial charge in [-0.05, 0) is 12.8 Å².